The fourth-order valence-corrected chi connectivity index (χ4v) is 4.28. The van der Waals surface area contributed by atoms with Crippen LogP contribution in [0.3, 0.4) is 0 Å². The molecule has 6 nitrogen and oxygen atoms in total. The smallest absolute Gasteiger partial charge is 0.140 e. The van der Waals surface area contributed by atoms with Crippen molar-refractivity contribution in [3.8, 4) is 0 Å². The van der Waals surface area contributed by atoms with Crippen LogP contribution in [0.1, 0.15) is 131 Å². The first-order valence-corrected chi connectivity index (χ1v) is 15.1. The molecule has 10 heteroatoms. The van der Waals surface area contributed by atoms with Crippen LogP contribution in [0.25, 0.3) is 10.6 Å². The third kappa shape index (κ3) is 29.2. The van der Waals surface area contributed by atoms with Gasteiger partial charge in [0.2, 0.25) is 0 Å². The van der Waals surface area contributed by atoms with E-state index in [0.717, 1.165) is 48.5 Å². The van der Waals surface area contributed by atoms with Gasteiger partial charge in [0.1, 0.15) is 5.76 Å². The second-order valence-corrected chi connectivity index (χ2v) is 8.19. The second-order valence-electron chi connectivity index (χ2n) is 8.19. The van der Waals surface area contributed by atoms with Gasteiger partial charge in [0.05, 0.1) is 17.5 Å². The summed E-state index contributed by atoms with van der Waals surface area (Å²) in [7, 11) is 3.11. The van der Waals surface area contributed by atoms with E-state index in [4.69, 9.17) is 4.52 Å². The Morgan fingerprint density at radius 2 is 1.26 bits per heavy atom. The van der Waals surface area contributed by atoms with E-state index in [9.17, 15) is 9.59 Å². The van der Waals surface area contributed by atoms with Gasteiger partial charge < -0.3 is 38.6 Å². The summed E-state index contributed by atoms with van der Waals surface area (Å²) in [4.78, 5) is 22.0. The van der Waals surface area contributed by atoms with Gasteiger partial charge in [-0.25, -0.2) is 0 Å². The van der Waals surface area contributed by atoms with Gasteiger partial charge in [-0.1, -0.05) is 67.0 Å². The number of hydrogen-bond acceptors (Lipinski definition) is 4. The largest absolute Gasteiger partial charge is 0.656 e. The minimum Gasteiger partial charge on any atom is -0.656 e. The van der Waals surface area contributed by atoms with E-state index in [2.05, 4.69) is 43.5 Å². The molecule has 2 aliphatic carbocycles. The molecule has 2 radical (unpaired) electrons. The van der Waals surface area contributed by atoms with Crippen LogP contribution in [0.5, 0.6) is 0 Å². The predicted octanol–water partition coefficient (Wildman–Crippen LogP) is 9.74. The van der Waals surface area contributed by atoms with Crippen molar-refractivity contribution >= 4 is 11.8 Å². The normalized spacial score (nSPS) is 16.3. The maximum atomic E-state index is 11.1. The maximum absolute atomic E-state index is 11.1. The topological polar surface area (TPSA) is 88.4 Å². The molecule has 0 unspecified atom stereocenters. The Bertz CT molecular complexity index is 667. The Morgan fingerprint density at radius 3 is 1.69 bits per heavy atom. The number of carbonyl (C=O) groups is 2. The molecule has 1 saturated carbocycles. The van der Waals surface area contributed by atoms with Gasteiger partial charge in [-0.3, -0.25) is 0 Å². The van der Waals surface area contributed by atoms with Crippen LogP contribution in [-0.4, -0.2) is 31.1 Å². The minimum absolute atomic E-state index is 0. The van der Waals surface area contributed by atoms with E-state index in [1.54, 1.807) is 20.9 Å². The number of nitrogens with zero attached hydrogens (tertiary/aromatic N) is 3. The quantitative estimate of drug-likeness (QED) is 0.266. The summed E-state index contributed by atoms with van der Waals surface area (Å²) < 4.78 is 5.26. The zero-order valence-corrected chi connectivity index (χ0v) is 40.8. The van der Waals surface area contributed by atoms with Gasteiger partial charge in [-0.2, -0.15) is 13.8 Å². The molecule has 2 amide bonds. The fourth-order valence-electron chi connectivity index (χ4n) is 4.28. The van der Waals surface area contributed by atoms with Crippen molar-refractivity contribution in [2.24, 2.45) is 17.8 Å². The van der Waals surface area contributed by atoms with E-state index >= 15 is 0 Å². The van der Waals surface area contributed by atoms with Crippen molar-refractivity contribution in [1.82, 2.24) is 5.16 Å². The Balaban J connectivity index is -0.0000000661. The van der Waals surface area contributed by atoms with E-state index in [0.29, 0.717) is 19.3 Å². The van der Waals surface area contributed by atoms with Crippen molar-refractivity contribution < 1.29 is 122 Å². The van der Waals surface area contributed by atoms with Crippen molar-refractivity contribution in [3.63, 3.8) is 0 Å². The van der Waals surface area contributed by atoms with E-state index in [-0.39, 0.29) is 119 Å². The molecule has 3 rings (SSSR count). The van der Waals surface area contributed by atoms with Crippen molar-refractivity contribution in [1.29, 1.82) is 0 Å². The van der Waals surface area contributed by atoms with Crippen LogP contribution < -0.4 is 0 Å². The number of rotatable bonds is 6. The average molecular weight is 1080 g/mol. The van der Waals surface area contributed by atoms with Gasteiger partial charge in [0.25, 0.3) is 0 Å². The first-order chi connectivity index (χ1) is 18.5. The Hall–Kier alpha value is 1.73. The molecule has 246 valence electrons. The summed E-state index contributed by atoms with van der Waals surface area (Å²) in [5, 5.41) is 11.3. The molecule has 0 N–H and O–H groups in total. The standard InChI is InChI=1S/C11H16N2O2.C11H21NO.3C2H6.2C2H5.2W.2Y/c1-12-11(14)7-6-9-8-4-2-3-5-10(8)15-13-9;1-8-4-5-10(9(8)2)6-7-11(13)12-3;5*1-2;;;;/h2-7H2,1H3,(H,12,14);8-10H,4-7H2,1-3H3,(H,12,13);3*1-2H3;2*1H2,2H3;;;;/q;;;;;2*-1;;;;/p-2/t;8-,9-,10-;;;;;;;;;/m.1........./s1. The molecular formula is C32H63N3O3W2Y2-4. The first-order valence-electron chi connectivity index (χ1n) is 15.1. The summed E-state index contributed by atoms with van der Waals surface area (Å²) in [6.45, 7) is 26.6. The Morgan fingerprint density at radius 1 is 0.810 bits per heavy atom. The molecule has 3 atom stereocenters. The number of fused-ring (bicyclic) bond motifs is 1. The van der Waals surface area contributed by atoms with Gasteiger partial charge in [0.15, 0.2) is 0 Å². The fraction of sp³-hybridized carbons (Fsp3) is 0.781. The van der Waals surface area contributed by atoms with Gasteiger partial charge in [0, 0.05) is 120 Å². The summed E-state index contributed by atoms with van der Waals surface area (Å²) in [5.74, 6) is 3.43. The van der Waals surface area contributed by atoms with Crippen LogP contribution >= 0.6 is 0 Å². The van der Waals surface area contributed by atoms with Gasteiger partial charge >= 0.3 is 0 Å². The van der Waals surface area contributed by atoms with Crippen LogP contribution in [0, 0.1) is 31.6 Å². The summed E-state index contributed by atoms with van der Waals surface area (Å²) in [6.07, 6.45) is 9.87. The summed E-state index contributed by atoms with van der Waals surface area (Å²) in [5.41, 5.74) is 2.20. The van der Waals surface area contributed by atoms with Crippen molar-refractivity contribution in [2.75, 3.05) is 14.1 Å². The minimum atomic E-state index is -0.0671. The zero-order valence-electron chi connectivity index (χ0n) is 29.3. The molecular weight excluding hydrogens is 1020 g/mol. The SMILES string of the molecule is CC.CC.CC.C[N-]C(=O)CC[C@H]1CC[C@@H](C)[C@H]1C.C[N-]C(=O)CCc1noc2c1CCCC2.[CH2-]C.[CH2-]C.[W].[W].[Y].[Y]. The number of aromatic nitrogens is 1. The number of aryl methyl sites for hydroxylation is 2. The van der Waals surface area contributed by atoms with Crippen molar-refractivity contribution in [2.45, 2.75) is 133 Å². The Kier molecular flexibility index (Phi) is 70.2. The monoisotopic (exact) mass is 1080 g/mol. The van der Waals surface area contributed by atoms with Crippen LogP contribution in [0.4, 0.5) is 0 Å². The molecule has 0 aromatic carbocycles. The summed E-state index contributed by atoms with van der Waals surface area (Å²) in [6, 6.07) is 0. The number of hydrogen-bond donors (Lipinski definition) is 0. The molecule has 1 fully saturated rings. The van der Waals surface area contributed by atoms with Crippen molar-refractivity contribution in [3.05, 3.63) is 41.5 Å². The third-order valence-corrected chi connectivity index (χ3v) is 6.47. The maximum Gasteiger partial charge on any atom is 0.140 e. The Labute approximate surface area is 341 Å². The van der Waals surface area contributed by atoms with E-state index in [1.807, 2.05) is 41.5 Å². The summed E-state index contributed by atoms with van der Waals surface area (Å²) >= 11 is 0. The first kappa shape index (κ1) is 62.5. The van der Waals surface area contributed by atoms with Gasteiger partial charge in [-0.15, -0.1) is 14.1 Å². The third-order valence-electron chi connectivity index (χ3n) is 6.47. The van der Waals surface area contributed by atoms with Gasteiger partial charge in [-0.05, 0) is 69.1 Å². The molecule has 0 spiro atoms. The zero-order chi connectivity index (χ0) is 30.5. The molecule has 0 bridgehead atoms. The van der Waals surface area contributed by atoms with Crippen LogP contribution in [-0.2, 0) is 136 Å². The molecule has 1 aromatic heterocycles. The molecule has 1 heterocycles. The number of carbonyl (C=O) groups excluding carboxylic acids is 2. The van der Waals surface area contributed by atoms with Crippen LogP contribution in [0.15, 0.2) is 4.52 Å². The predicted molar refractivity (Wildman–Crippen MR) is 166 cm³/mol. The second kappa shape index (κ2) is 47.1. The molecule has 0 aliphatic heterocycles. The number of amides is 2. The van der Waals surface area contributed by atoms with Crippen LogP contribution in [0.2, 0.25) is 0 Å². The molecule has 1 aromatic rings. The molecule has 42 heavy (non-hydrogen) atoms. The molecule has 0 saturated heterocycles. The average Bonchev–Trinajstić information content (AvgIpc) is 3.58. The molecule has 2 aliphatic rings. The van der Waals surface area contributed by atoms with E-state index < -0.39 is 0 Å². The van der Waals surface area contributed by atoms with E-state index in [1.165, 1.54) is 38.3 Å².